The molecule has 1 atom stereocenters. The Balaban J connectivity index is 1.76. The van der Waals surface area contributed by atoms with E-state index in [2.05, 4.69) is 21.2 Å². The first-order valence-electron chi connectivity index (χ1n) is 8.04. The van der Waals surface area contributed by atoms with Crippen LogP contribution >= 0.6 is 15.9 Å². The first-order chi connectivity index (χ1) is 12.5. The van der Waals surface area contributed by atoms with Gasteiger partial charge in [0.1, 0.15) is 0 Å². The Labute approximate surface area is 159 Å². The maximum atomic E-state index is 12.6. The molecule has 1 saturated heterocycles. The highest BCUT2D eigenvalue weighted by molar-refractivity contribution is 9.10. The lowest BCUT2D eigenvalue weighted by molar-refractivity contribution is -0.122. The van der Waals surface area contributed by atoms with Crippen molar-refractivity contribution >= 4 is 45.1 Å². The summed E-state index contributed by atoms with van der Waals surface area (Å²) in [4.78, 5) is 38.4. The fourth-order valence-electron chi connectivity index (χ4n) is 2.90. The van der Waals surface area contributed by atoms with Gasteiger partial charge in [-0.05, 0) is 40.2 Å². The van der Waals surface area contributed by atoms with E-state index in [0.29, 0.717) is 5.69 Å². The van der Waals surface area contributed by atoms with Gasteiger partial charge >= 0.3 is 5.97 Å². The number of methoxy groups -OCH3 is 1. The van der Waals surface area contributed by atoms with Crippen molar-refractivity contribution in [3.63, 3.8) is 0 Å². The molecule has 0 spiro atoms. The number of benzene rings is 2. The van der Waals surface area contributed by atoms with E-state index in [0.717, 1.165) is 10.2 Å². The van der Waals surface area contributed by atoms with Gasteiger partial charge in [-0.25, -0.2) is 4.79 Å². The molecule has 6 nitrogen and oxygen atoms in total. The lowest BCUT2D eigenvalue weighted by Gasteiger charge is -2.18. The van der Waals surface area contributed by atoms with E-state index in [1.165, 1.54) is 7.11 Å². The second-order valence-electron chi connectivity index (χ2n) is 5.88. The van der Waals surface area contributed by atoms with Crippen LogP contribution in [0.2, 0.25) is 0 Å². The Morgan fingerprint density at radius 3 is 2.58 bits per heavy atom. The van der Waals surface area contributed by atoms with Crippen LogP contribution in [0, 0.1) is 5.92 Å². The molecule has 7 heteroatoms. The van der Waals surface area contributed by atoms with Crippen molar-refractivity contribution in [2.45, 2.75) is 6.42 Å². The number of amides is 2. The van der Waals surface area contributed by atoms with Gasteiger partial charge < -0.3 is 15.0 Å². The average molecular weight is 417 g/mol. The van der Waals surface area contributed by atoms with Crippen LogP contribution in [0.15, 0.2) is 53.0 Å². The van der Waals surface area contributed by atoms with Gasteiger partial charge in [-0.15, -0.1) is 0 Å². The molecule has 134 valence electrons. The number of nitrogens with zero attached hydrogens (tertiary/aromatic N) is 1. The number of ether oxygens (including phenoxy) is 1. The van der Waals surface area contributed by atoms with Crippen molar-refractivity contribution in [3.05, 3.63) is 58.6 Å². The molecule has 2 amide bonds. The summed E-state index contributed by atoms with van der Waals surface area (Å²) in [5.74, 6) is -1.44. The van der Waals surface area contributed by atoms with Crippen LogP contribution in [-0.2, 0) is 14.3 Å². The summed E-state index contributed by atoms with van der Waals surface area (Å²) in [6.45, 7) is 0.285. The van der Waals surface area contributed by atoms with Gasteiger partial charge in [-0.1, -0.05) is 24.3 Å². The Kier molecular flexibility index (Phi) is 5.37. The second-order valence-corrected chi connectivity index (χ2v) is 6.74. The van der Waals surface area contributed by atoms with Crippen LogP contribution in [0.5, 0.6) is 0 Å². The summed E-state index contributed by atoms with van der Waals surface area (Å²) >= 11 is 3.43. The van der Waals surface area contributed by atoms with Crippen LogP contribution in [0.1, 0.15) is 16.8 Å². The molecule has 1 fully saturated rings. The molecule has 1 aliphatic rings. The minimum atomic E-state index is -0.529. The zero-order valence-electron chi connectivity index (χ0n) is 14.1. The SMILES string of the molecule is COC(=O)c1ccccc1NC(=O)[C@@H]1CC(=O)N(c2ccccc2Br)C1. The highest BCUT2D eigenvalue weighted by Crippen LogP contribution is 2.31. The Morgan fingerprint density at radius 2 is 1.85 bits per heavy atom. The van der Waals surface area contributed by atoms with E-state index < -0.39 is 11.9 Å². The van der Waals surface area contributed by atoms with Gasteiger partial charge in [0.25, 0.3) is 0 Å². The smallest absolute Gasteiger partial charge is 0.339 e. The number of para-hydroxylation sites is 2. The first-order valence-corrected chi connectivity index (χ1v) is 8.83. The number of rotatable bonds is 4. The average Bonchev–Trinajstić information content (AvgIpc) is 3.03. The normalized spacial score (nSPS) is 16.5. The summed E-state index contributed by atoms with van der Waals surface area (Å²) in [5.41, 5.74) is 1.38. The number of halogens is 1. The minimum Gasteiger partial charge on any atom is -0.465 e. The zero-order chi connectivity index (χ0) is 18.7. The third kappa shape index (κ3) is 3.62. The molecule has 0 bridgehead atoms. The van der Waals surface area contributed by atoms with Crippen molar-refractivity contribution in [2.24, 2.45) is 5.92 Å². The van der Waals surface area contributed by atoms with Crippen LogP contribution < -0.4 is 10.2 Å². The summed E-state index contributed by atoms with van der Waals surface area (Å²) in [6.07, 6.45) is 0.119. The van der Waals surface area contributed by atoms with Gasteiger partial charge in [0.2, 0.25) is 11.8 Å². The van der Waals surface area contributed by atoms with Crippen molar-refractivity contribution < 1.29 is 19.1 Å². The molecule has 1 heterocycles. The van der Waals surface area contributed by atoms with Crippen molar-refractivity contribution in [1.82, 2.24) is 0 Å². The number of nitrogens with one attached hydrogen (secondary N) is 1. The molecule has 1 N–H and O–H groups in total. The number of carbonyl (C=O) groups excluding carboxylic acids is 3. The predicted octanol–water partition coefficient (Wildman–Crippen LogP) is 3.23. The molecular formula is C19H17BrN2O4. The largest absolute Gasteiger partial charge is 0.465 e. The van der Waals surface area contributed by atoms with Crippen LogP contribution in [0.3, 0.4) is 0 Å². The molecule has 2 aromatic carbocycles. The van der Waals surface area contributed by atoms with E-state index in [1.807, 2.05) is 24.3 Å². The van der Waals surface area contributed by atoms with E-state index in [4.69, 9.17) is 4.74 Å². The summed E-state index contributed by atoms with van der Waals surface area (Å²) in [5, 5.41) is 2.74. The Hall–Kier alpha value is -2.67. The summed E-state index contributed by atoms with van der Waals surface area (Å²) < 4.78 is 5.53. The van der Waals surface area contributed by atoms with E-state index >= 15 is 0 Å². The van der Waals surface area contributed by atoms with Gasteiger partial charge in [0.05, 0.1) is 30.0 Å². The molecule has 0 saturated carbocycles. The van der Waals surface area contributed by atoms with Gasteiger partial charge in [-0.2, -0.15) is 0 Å². The molecule has 2 aromatic rings. The maximum Gasteiger partial charge on any atom is 0.339 e. The molecule has 0 aromatic heterocycles. The number of hydrogen-bond acceptors (Lipinski definition) is 4. The zero-order valence-corrected chi connectivity index (χ0v) is 15.7. The molecule has 0 radical (unpaired) electrons. The molecule has 26 heavy (non-hydrogen) atoms. The van der Waals surface area contributed by atoms with Crippen LogP contribution in [-0.4, -0.2) is 31.4 Å². The topological polar surface area (TPSA) is 75.7 Å². The van der Waals surface area contributed by atoms with Crippen LogP contribution in [0.4, 0.5) is 11.4 Å². The van der Waals surface area contributed by atoms with E-state index in [-0.39, 0.29) is 30.3 Å². The monoisotopic (exact) mass is 416 g/mol. The quantitative estimate of drug-likeness (QED) is 0.776. The van der Waals surface area contributed by atoms with Crippen molar-refractivity contribution in [2.75, 3.05) is 23.9 Å². The van der Waals surface area contributed by atoms with Gasteiger partial charge in [0, 0.05) is 17.4 Å². The lowest BCUT2D eigenvalue weighted by Crippen LogP contribution is -2.28. The summed E-state index contributed by atoms with van der Waals surface area (Å²) in [7, 11) is 1.28. The highest BCUT2D eigenvalue weighted by Gasteiger charge is 2.36. The van der Waals surface area contributed by atoms with Gasteiger partial charge in [0.15, 0.2) is 0 Å². The molecule has 0 unspecified atom stereocenters. The van der Waals surface area contributed by atoms with E-state index in [1.54, 1.807) is 29.2 Å². The lowest BCUT2D eigenvalue weighted by atomic mass is 10.1. The third-order valence-electron chi connectivity index (χ3n) is 4.23. The predicted molar refractivity (Wildman–Crippen MR) is 101 cm³/mol. The first kappa shape index (κ1) is 18.1. The third-order valence-corrected chi connectivity index (χ3v) is 4.90. The Morgan fingerprint density at radius 1 is 1.15 bits per heavy atom. The minimum absolute atomic E-state index is 0.113. The Bertz CT molecular complexity index is 868. The van der Waals surface area contributed by atoms with Gasteiger partial charge in [-0.3, -0.25) is 9.59 Å². The second kappa shape index (κ2) is 7.70. The fraction of sp³-hybridized carbons (Fsp3) is 0.211. The van der Waals surface area contributed by atoms with E-state index in [9.17, 15) is 14.4 Å². The van der Waals surface area contributed by atoms with Crippen molar-refractivity contribution in [3.8, 4) is 0 Å². The number of carbonyl (C=O) groups is 3. The molecule has 0 aliphatic carbocycles. The van der Waals surface area contributed by atoms with Crippen molar-refractivity contribution in [1.29, 1.82) is 0 Å². The standard InChI is InChI=1S/C19H17BrN2O4/c1-26-19(25)13-6-2-4-8-15(13)21-18(24)12-10-17(23)22(11-12)16-9-5-3-7-14(16)20/h2-9,12H,10-11H2,1H3,(H,21,24)/t12-/m1/s1. The maximum absolute atomic E-state index is 12.6. The molecular weight excluding hydrogens is 400 g/mol. The number of hydrogen-bond donors (Lipinski definition) is 1. The molecule has 1 aliphatic heterocycles. The highest BCUT2D eigenvalue weighted by atomic mass is 79.9. The van der Waals surface area contributed by atoms with Crippen LogP contribution in [0.25, 0.3) is 0 Å². The summed E-state index contributed by atoms with van der Waals surface area (Å²) in [6, 6.07) is 14.0. The number of anilines is 2. The molecule has 3 rings (SSSR count). The number of esters is 1. The fourth-order valence-corrected chi connectivity index (χ4v) is 3.40.